The van der Waals surface area contributed by atoms with Gasteiger partial charge >= 0.3 is 0 Å². The Morgan fingerprint density at radius 2 is 2.27 bits per heavy atom. The number of thiazole rings is 1. The van der Waals surface area contributed by atoms with Gasteiger partial charge in [-0.2, -0.15) is 0 Å². The molecule has 1 N–H and O–H groups in total. The molecule has 6 heteroatoms. The molecule has 0 bridgehead atoms. The van der Waals surface area contributed by atoms with Gasteiger partial charge in [-0.25, -0.2) is 4.98 Å². The van der Waals surface area contributed by atoms with Gasteiger partial charge in [0, 0.05) is 35.9 Å². The molecule has 1 heterocycles. The average Bonchev–Trinajstić information content (AvgIpc) is 2.93. The summed E-state index contributed by atoms with van der Waals surface area (Å²) in [5.74, 6) is 0.0267. The van der Waals surface area contributed by atoms with E-state index in [1.54, 1.807) is 11.8 Å². The maximum absolute atomic E-state index is 11.5. The van der Waals surface area contributed by atoms with Crippen molar-refractivity contribution in [1.29, 1.82) is 0 Å². The molecule has 0 radical (unpaired) electrons. The zero-order valence-corrected chi connectivity index (χ0v) is 15.4. The van der Waals surface area contributed by atoms with E-state index in [2.05, 4.69) is 45.3 Å². The van der Waals surface area contributed by atoms with Crippen LogP contribution in [-0.4, -0.2) is 17.4 Å². The first-order chi connectivity index (χ1) is 10.5. The Labute approximate surface area is 143 Å². The Hall–Kier alpha value is -1.24. The van der Waals surface area contributed by atoms with E-state index in [0.29, 0.717) is 13.1 Å². The van der Waals surface area contributed by atoms with Crippen molar-refractivity contribution in [2.24, 2.45) is 0 Å². The molecule has 0 saturated heterocycles. The first-order valence-corrected chi connectivity index (χ1v) is 8.90. The van der Waals surface area contributed by atoms with E-state index in [1.165, 1.54) is 16.9 Å². The second-order valence-electron chi connectivity index (χ2n) is 5.04. The third-order valence-electron chi connectivity index (χ3n) is 3.40. The summed E-state index contributed by atoms with van der Waals surface area (Å²) in [4.78, 5) is 17.8. The summed E-state index contributed by atoms with van der Waals surface area (Å²) in [6.45, 7) is 6.97. The Balaban J connectivity index is 1.97. The number of carbonyl (C=O) groups excluding carboxylic acids is 1. The van der Waals surface area contributed by atoms with Crippen LogP contribution in [0, 0.1) is 0 Å². The second-order valence-corrected chi connectivity index (χ2v) is 6.79. The van der Waals surface area contributed by atoms with Crippen LogP contribution in [0.4, 0.5) is 5.13 Å². The molecule has 2 rings (SSSR count). The van der Waals surface area contributed by atoms with Crippen LogP contribution in [-0.2, 0) is 11.3 Å². The minimum absolute atomic E-state index is 0.0267. The fourth-order valence-corrected chi connectivity index (χ4v) is 3.49. The lowest BCUT2D eigenvalue weighted by atomic mass is 10.1. The van der Waals surface area contributed by atoms with Crippen LogP contribution in [0.1, 0.15) is 38.1 Å². The molecular formula is C16H20BrN3OS. The number of nitrogens with one attached hydrogen (secondary N) is 1. The van der Waals surface area contributed by atoms with Crippen molar-refractivity contribution in [3.63, 3.8) is 0 Å². The van der Waals surface area contributed by atoms with Crippen LogP contribution in [0.25, 0.3) is 0 Å². The van der Waals surface area contributed by atoms with Gasteiger partial charge in [0.05, 0.1) is 5.69 Å². The number of anilines is 1. The smallest absolute Gasteiger partial charge is 0.225 e. The Morgan fingerprint density at radius 1 is 1.50 bits per heavy atom. The highest BCUT2D eigenvalue weighted by atomic mass is 79.9. The molecule has 0 saturated carbocycles. The maximum Gasteiger partial charge on any atom is 0.225 e. The number of rotatable bonds is 6. The van der Waals surface area contributed by atoms with Crippen LogP contribution in [0.15, 0.2) is 34.1 Å². The summed E-state index contributed by atoms with van der Waals surface area (Å²) in [5, 5.41) is 6.23. The van der Waals surface area contributed by atoms with Gasteiger partial charge < -0.3 is 5.32 Å². The summed E-state index contributed by atoms with van der Waals surface area (Å²) in [6, 6.07) is 8.49. The summed E-state index contributed by atoms with van der Waals surface area (Å²) in [6.07, 6.45) is 0. The average molecular weight is 382 g/mol. The van der Waals surface area contributed by atoms with Gasteiger partial charge in [-0.15, -0.1) is 11.3 Å². The Kier molecular flexibility index (Phi) is 6.11. The van der Waals surface area contributed by atoms with Gasteiger partial charge in [-0.3, -0.25) is 9.69 Å². The van der Waals surface area contributed by atoms with Crippen LogP contribution < -0.4 is 10.2 Å². The van der Waals surface area contributed by atoms with E-state index in [1.807, 2.05) is 24.4 Å². The molecule has 1 amide bonds. The number of benzene rings is 1. The third kappa shape index (κ3) is 4.38. The van der Waals surface area contributed by atoms with E-state index < -0.39 is 0 Å². The predicted octanol–water partition coefficient (Wildman–Crippen LogP) is 4.13. The van der Waals surface area contributed by atoms with Crippen LogP contribution in [0.5, 0.6) is 0 Å². The number of hydrogen-bond donors (Lipinski definition) is 1. The first kappa shape index (κ1) is 17.1. The molecule has 1 atom stereocenters. The van der Waals surface area contributed by atoms with Crippen molar-refractivity contribution in [3.8, 4) is 0 Å². The van der Waals surface area contributed by atoms with Gasteiger partial charge in [0.15, 0.2) is 5.13 Å². The number of aromatic nitrogens is 1. The maximum atomic E-state index is 11.5. The molecule has 1 aromatic carbocycles. The first-order valence-electron chi connectivity index (χ1n) is 7.22. The van der Waals surface area contributed by atoms with Gasteiger partial charge in [-0.05, 0) is 31.5 Å². The molecule has 0 aliphatic carbocycles. The normalized spacial score (nSPS) is 12.2. The molecule has 0 aliphatic rings. The van der Waals surface area contributed by atoms with Crippen molar-refractivity contribution in [3.05, 3.63) is 45.4 Å². The lowest BCUT2D eigenvalue weighted by molar-refractivity contribution is -0.116. The molecule has 1 aromatic heterocycles. The van der Waals surface area contributed by atoms with Gasteiger partial charge in [0.1, 0.15) is 0 Å². The molecular weight excluding hydrogens is 362 g/mol. The summed E-state index contributed by atoms with van der Waals surface area (Å²) >= 11 is 5.00. The van der Waals surface area contributed by atoms with Crippen molar-refractivity contribution in [2.75, 3.05) is 11.4 Å². The van der Waals surface area contributed by atoms with Crippen LogP contribution in [0.3, 0.4) is 0 Å². The minimum atomic E-state index is 0.0267. The highest BCUT2D eigenvalue weighted by Crippen LogP contribution is 2.22. The van der Waals surface area contributed by atoms with Crippen LogP contribution in [0.2, 0.25) is 0 Å². The largest absolute Gasteiger partial charge is 0.305 e. The quantitative estimate of drug-likeness (QED) is 0.817. The Bertz CT molecular complexity index is 644. The van der Waals surface area contributed by atoms with Gasteiger partial charge in [0.25, 0.3) is 0 Å². The number of carbonyl (C=O) groups is 1. The van der Waals surface area contributed by atoms with Crippen LogP contribution >= 0.6 is 27.3 Å². The lowest BCUT2D eigenvalue weighted by Crippen LogP contribution is -2.27. The van der Waals surface area contributed by atoms with E-state index in [9.17, 15) is 4.79 Å². The zero-order valence-electron chi connectivity index (χ0n) is 13.0. The molecule has 0 spiro atoms. The molecule has 22 heavy (non-hydrogen) atoms. The summed E-state index contributed by atoms with van der Waals surface area (Å²) in [5.41, 5.74) is 2.19. The monoisotopic (exact) mass is 381 g/mol. The van der Waals surface area contributed by atoms with E-state index in [-0.39, 0.29) is 11.9 Å². The molecule has 0 aliphatic heterocycles. The SMILES string of the molecule is CCN(C(C)=O)c1nc(CNC(C)c2cccc(Br)c2)cs1. The zero-order chi connectivity index (χ0) is 16.1. The fraction of sp³-hybridized carbons (Fsp3) is 0.375. The fourth-order valence-electron chi connectivity index (χ4n) is 2.15. The predicted molar refractivity (Wildman–Crippen MR) is 95.2 cm³/mol. The summed E-state index contributed by atoms with van der Waals surface area (Å²) in [7, 11) is 0. The second kappa shape index (κ2) is 7.85. The number of amides is 1. The third-order valence-corrected chi connectivity index (χ3v) is 4.81. The standard InChI is InChI=1S/C16H20BrN3OS/c1-4-20(12(3)21)16-19-15(10-22-16)9-18-11(2)13-6-5-7-14(17)8-13/h5-8,10-11,18H,4,9H2,1-3H3. The van der Waals surface area contributed by atoms with Crippen molar-refractivity contribution in [1.82, 2.24) is 10.3 Å². The van der Waals surface area contributed by atoms with E-state index in [4.69, 9.17) is 0 Å². The molecule has 1 unspecified atom stereocenters. The minimum Gasteiger partial charge on any atom is -0.305 e. The van der Waals surface area contributed by atoms with Crippen molar-refractivity contribution in [2.45, 2.75) is 33.4 Å². The number of nitrogens with zero attached hydrogens (tertiary/aromatic N) is 2. The van der Waals surface area contributed by atoms with E-state index >= 15 is 0 Å². The van der Waals surface area contributed by atoms with E-state index in [0.717, 1.165) is 15.3 Å². The topological polar surface area (TPSA) is 45.2 Å². The Morgan fingerprint density at radius 3 is 2.91 bits per heavy atom. The lowest BCUT2D eigenvalue weighted by Gasteiger charge is -2.15. The number of halogens is 1. The highest BCUT2D eigenvalue weighted by Gasteiger charge is 2.14. The summed E-state index contributed by atoms with van der Waals surface area (Å²) < 4.78 is 1.08. The highest BCUT2D eigenvalue weighted by molar-refractivity contribution is 9.10. The molecule has 4 nitrogen and oxygen atoms in total. The van der Waals surface area contributed by atoms with Crippen molar-refractivity contribution >= 4 is 38.3 Å². The molecule has 118 valence electrons. The van der Waals surface area contributed by atoms with Crippen molar-refractivity contribution < 1.29 is 4.79 Å². The van der Waals surface area contributed by atoms with Gasteiger partial charge in [-0.1, -0.05) is 28.1 Å². The van der Waals surface area contributed by atoms with Gasteiger partial charge in [0.2, 0.25) is 5.91 Å². The number of hydrogen-bond acceptors (Lipinski definition) is 4. The molecule has 2 aromatic rings. The molecule has 0 fully saturated rings.